The Morgan fingerprint density at radius 3 is 2.50 bits per heavy atom. The molecular weight excluding hydrogens is 441 g/mol. The molecule has 9 heteroatoms. The van der Waals surface area contributed by atoms with Crippen LogP contribution in [0, 0.1) is 0 Å². The Morgan fingerprint density at radius 1 is 1.14 bits per heavy atom. The maximum Gasteiger partial charge on any atom is 0.255 e. The summed E-state index contributed by atoms with van der Waals surface area (Å²) in [6, 6.07) is 9.52. The van der Waals surface area contributed by atoms with Crippen molar-refractivity contribution in [2.24, 2.45) is 0 Å². The van der Waals surface area contributed by atoms with Gasteiger partial charge in [-0.2, -0.15) is 0 Å². The molecule has 0 unspecified atom stereocenters. The highest BCUT2D eigenvalue weighted by Gasteiger charge is 2.31. The summed E-state index contributed by atoms with van der Waals surface area (Å²) >= 11 is 23.7. The molecule has 0 fully saturated rings. The Labute approximate surface area is 183 Å². The largest absolute Gasteiger partial charge is 0.495 e. The minimum Gasteiger partial charge on any atom is -0.495 e. The summed E-state index contributed by atoms with van der Waals surface area (Å²) in [5.41, 5.74) is 2.17. The third-order valence-electron chi connectivity index (χ3n) is 4.20. The van der Waals surface area contributed by atoms with E-state index < -0.39 is 6.04 Å². The van der Waals surface area contributed by atoms with Gasteiger partial charge < -0.3 is 20.7 Å². The molecule has 1 aliphatic rings. The van der Waals surface area contributed by atoms with Crippen LogP contribution < -0.4 is 20.7 Å². The Morgan fingerprint density at radius 2 is 1.82 bits per heavy atom. The molecular formula is C19H16Cl3N3O2S. The van der Waals surface area contributed by atoms with Crippen molar-refractivity contribution in [2.45, 2.75) is 13.0 Å². The summed E-state index contributed by atoms with van der Waals surface area (Å²) in [6.45, 7) is 1.77. The number of carbonyl (C=O) groups excluding carboxylic acids is 1. The second-order valence-corrected chi connectivity index (χ2v) is 7.72. The molecule has 0 aromatic heterocycles. The average molecular weight is 457 g/mol. The maximum atomic E-state index is 13.2. The van der Waals surface area contributed by atoms with Gasteiger partial charge in [0.05, 0.1) is 24.4 Å². The van der Waals surface area contributed by atoms with E-state index in [1.54, 1.807) is 43.3 Å². The summed E-state index contributed by atoms with van der Waals surface area (Å²) in [6.07, 6.45) is 0. The highest BCUT2D eigenvalue weighted by Crippen LogP contribution is 2.35. The van der Waals surface area contributed by atoms with Gasteiger partial charge in [0.15, 0.2) is 5.11 Å². The first-order valence-corrected chi connectivity index (χ1v) is 9.72. The number of anilines is 1. The topological polar surface area (TPSA) is 62.4 Å². The molecule has 2 aromatic carbocycles. The van der Waals surface area contributed by atoms with Crippen molar-refractivity contribution in [1.82, 2.24) is 10.6 Å². The molecule has 28 heavy (non-hydrogen) atoms. The van der Waals surface area contributed by atoms with Crippen LogP contribution in [0.3, 0.4) is 0 Å². The van der Waals surface area contributed by atoms with Gasteiger partial charge in [0.25, 0.3) is 5.91 Å². The highest BCUT2D eigenvalue weighted by atomic mass is 35.5. The van der Waals surface area contributed by atoms with Gasteiger partial charge in [-0.25, -0.2) is 0 Å². The Bertz CT molecular complexity index is 994. The minimum atomic E-state index is -0.552. The minimum absolute atomic E-state index is 0.350. The molecule has 0 bridgehead atoms. The number of nitrogens with one attached hydrogen (secondary N) is 3. The number of hydrogen-bond acceptors (Lipinski definition) is 3. The average Bonchev–Trinajstić information content (AvgIpc) is 2.61. The van der Waals surface area contributed by atoms with Gasteiger partial charge in [0.1, 0.15) is 5.75 Å². The SMILES string of the molecule is COc1ccc(Cl)cc1NC(=O)C1=C(C)NC(=S)N[C@@H]1c1ccc(Cl)cc1Cl. The number of benzene rings is 2. The third kappa shape index (κ3) is 4.36. The number of ether oxygens (including phenoxy) is 1. The smallest absolute Gasteiger partial charge is 0.255 e. The van der Waals surface area contributed by atoms with E-state index in [-0.39, 0.29) is 5.91 Å². The molecule has 5 nitrogen and oxygen atoms in total. The summed E-state index contributed by atoms with van der Waals surface area (Å²) in [4.78, 5) is 13.2. The maximum absolute atomic E-state index is 13.2. The molecule has 2 aromatic rings. The van der Waals surface area contributed by atoms with Crippen LogP contribution in [0.15, 0.2) is 47.7 Å². The van der Waals surface area contributed by atoms with Gasteiger partial charge in [-0.1, -0.05) is 40.9 Å². The van der Waals surface area contributed by atoms with Crippen LogP contribution >= 0.6 is 47.0 Å². The number of allylic oxidation sites excluding steroid dienone is 1. The van der Waals surface area contributed by atoms with Crippen LogP contribution in [-0.2, 0) is 4.79 Å². The van der Waals surface area contributed by atoms with E-state index in [1.165, 1.54) is 7.11 Å². The number of halogens is 3. The zero-order valence-corrected chi connectivity index (χ0v) is 18.0. The van der Waals surface area contributed by atoms with E-state index in [0.29, 0.717) is 48.5 Å². The molecule has 0 aliphatic carbocycles. The van der Waals surface area contributed by atoms with Crippen LogP contribution in [-0.4, -0.2) is 18.1 Å². The second kappa shape index (κ2) is 8.57. The molecule has 0 radical (unpaired) electrons. The van der Waals surface area contributed by atoms with E-state index in [2.05, 4.69) is 16.0 Å². The Hall–Kier alpha value is -1.99. The predicted molar refractivity (Wildman–Crippen MR) is 117 cm³/mol. The van der Waals surface area contributed by atoms with Crippen molar-refractivity contribution in [3.05, 3.63) is 68.3 Å². The molecule has 3 N–H and O–H groups in total. The number of carbonyl (C=O) groups is 1. The number of rotatable bonds is 4. The molecule has 3 rings (SSSR count). The molecule has 146 valence electrons. The van der Waals surface area contributed by atoms with Gasteiger partial charge in [0, 0.05) is 20.8 Å². The van der Waals surface area contributed by atoms with Crippen molar-refractivity contribution >= 4 is 63.7 Å². The van der Waals surface area contributed by atoms with Gasteiger partial charge in [-0.05, 0) is 55.0 Å². The van der Waals surface area contributed by atoms with Crippen molar-refractivity contribution in [3.8, 4) is 5.75 Å². The molecule has 1 atom stereocenters. The summed E-state index contributed by atoms with van der Waals surface area (Å²) in [7, 11) is 1.52. The van der Waals surface area contributed by atoms with E-state index in [9.17, 15) is 4.79 Å². The fourth-order valence-corrected chi connectivity index (χ4v) is 3.89. The van der Waals surface area contributed by atoms with Crippen LogP contribution in [0.1, 0.15) is 18.5 Å². The zero-order chi connectivity index (χ0) is 20.4. The zero-order valence-electron chi connectivity index (χ0n) is 14.9. The van der Waals surface area contributed by atoms with Crippen molar-refractivity contribution < 1.29 is 9.53 Å². The first kappa shape index (κ1) is 20.7. The number of hydrogen-bond donors (Lipinski definition) is 3. The Balaban J connectivity index is 2.01. The number of methoxy groups -OCH3 is 1. The lowest BCUT2D eigenvalue weighted by Gasteiger charge is -2.31. The highest BCUT2D eigenvalue weighted by molar-refractivity contribution is 7.80. The third-order valence-corrected chi connectivity index (χ3v) is 5.21. The quantitative estimate of drug-likeness (QED) is 0.560. The normalized spacial score (nSPS) is 16.3. The van der Waals surface area contributed by atoms with E-state index in [0.717, 1.165) is 0 Å². The first-order valence-electron chi connectivity index (χ1n) is 8.18. The van der Waals surface area contributed by atoms with Crippen LogP contribution in [0.2, 0.25) is 15.1 Å². The summed E-state index contributed by atoms with van der Waals surface area (Å²) < 4.78 is 5.30. The van der Waals surface area contributed by atoms with Gasteiger partial charge in [-0.3, -0.25) is 4.79 Å². The molecule has 0 saturated carbocycles. The summed E-state index contributed by atoms with van der Waals surface area (Å²) in [5, 5.41) is 10.7. The molecule has 0 spiro atoms. The lowest BCUT2D eigenvalue weighted by atomic mass is 9.95. The monoisotopic (exact) mass is 455 g/mol. The summed E-state index contributed by atoms with van der Waals surface area (Å²) in [5.74, 6) is 0.140. The number of amides is 1. The van der Waals surface area contributed by atoms with Crippen molar-refractivity contribution in [2.75, 3.05) is 12.4 Å². The standard InChI is InChI=1S/C19H16Cl3N3O2S/c1-9-16(18(26)24-14-8-11(21)4-6-15(14)27-2)17(25-19(28)23-9)12-5-3-10(20)7-13(12)22/h3-8,17H,1-2H3,(H,24,26)(H2,23,25,28)/t17-/m1/s1. The fourth-order valence-electron chi connectivity index (χ4n) is 2.93. The van der Waals surface area contributed by atoms with E-state index >= 15 is 0 Å². The molecule has 0 saturated heterocycles. The van der Waals surface area contributed by atoms with Gasteiger partial charge in [-0.15, -0.1) is 0 Å². The van der Waals surface area contributed by atoms with Crippen molar-refractivity contribution in [1.29, 1.82) is 0 Å². The van der Waals surface area contributed by atoms with Gasteiger partial charge >= 0.3 is 0 Å². The van der Waals surface area contributed by atoms with E-state index in [4.69, 9.17) is 51.8 Å². The lowest BCUT2D eigenvalue weighted by molar-refractivity contribution is -0.113. The molecule has 1 aliphatic heterocycles. The Kier molecular flexibility index (Phi) is 6.35. The van der Waals surface area contributed by atoms with Gasteiger partial charge in [0.2, 0.25) is 0 Å². The lowest BCUT2D eigenvalue weighted by Crippen LogP contribution is -2.45. The van der Waals surface area contributed by atoms with Crippen LogP contribution in [0.4, 0.5) is 5.69 Å². The van der Waals surface area contributed by atoms with Crippen molar-refractivity contribution in [3.63, 3.8) is 0 Å². The second-order valence-electron chi connectivity index (χ2n) is 6.03. The molecule has 1 heterocycles. The van der Waals surface area contributed by atoms with Crippen LogP contribution in [0.25, 0.3) is 0 Å². The van der Waals surface area contributed by atoms with E-state index in [1.807, 2.05) is 0 Å². The predicted octanol–water partition coefficient (Wildman–Crippen LogP) is 5.09. The first-order chi connectivity index (χ1) is 13.3. The molecule has 1 amide bonds. The number of thiocarbonyl (C=S) groups is 1. The van der Waals surface area contributed by atoms with Crippen LogP contribution in [0.5, 0.6) is 5.75 Å². The fraction of sp³-hybridized carbons (Fsp3) is 0.158.